The molecule has 0 rings (SSSR count). The minimum Gasteiger partial charge on any atom is -0.315 e. The molecule has 8 heavy (non-hydrogen) atoms. The Kier molecular flexibility index (Phi) is 1.98. The van der Waals surface area contributed by atoms with Crippen molar-refractivity contribution >= 4 is 15.9 Å². The Morgan fingerprint density at radius 3 is 0.875 bits per heavy atom. The van der Waals surface area contributed by atoms with E-state index in [0.29, 0.717) is 0 Å². The van der Waals surface area contributed by atoms with Gasteiger partial charge in [0.15, 0.2) is 0 Å². The molecule has 0 unspecified atom stereocenters. The van der Waals surface area contributed by atoms with Gasteiger partial charge in [0.05, 0.1) is 0 Å². The van der Waals surface area contributed by atoms with Crippen LogP contribution in [0.5, 0.6) is 0 Å². The van der Waals surface area contributed by atoms with Crippen molar-refractivity contribution in [3.05, 3.63) is 0 Å². The van der Waals surface area contributed by atoms with Gasteiger partial charge in [-0.05, 0) is 26.2 Å². The lowest BCUT2D eigenvalue weighted by molar-refractivity contribution is 0.768. The second kappa shape index (κ2) is 1.91. The van der Waals surface area contributed by atoms with E-state index in [0.717, 1.165) is 0 Å². The van der Waals surface area contributed by atoms with Crippen LogP contribution in [0.3, 0.4) is 0 Å². The molecule has 0 aromatic rings. The molecule has 0 atom stereocenters. The fraction of sp³-hybridized carbons (Fsp3) is 1.00. The summed E-state index contributed by atoms with van der Waals surface area (Å²) in [6, 6.07) is 0. The highest BCUT2D eigenvalue weighted by atomic mass is 29.3. The highest BCUT2D eigenvalue weighted by Gasteiger charge is 2.44. The molecule has 0 amide bonds. The Morgan fingerprint density at radius 1 is 0.750 bits per heavy atom. The second-order valence-electron chi connectivity index (χ2n) is 2.94. The van der Waals surface area contributed by atoms with Gasteiger partial charge in [0.1, 0.15) is 0 Å². The van der Waals surface area contributed by atoms with Crippen LogP contribution in [0.25, 0.3) is 0 Å². The van der Waals surface area contributed by atoms with Crippen LogP contribution in [0.2, 0.25) is 26.2 Å². The third-order valence-electron chi connectivity index (χ3n) is 1.41. The molecule has 50 valence electrons. The first-order valence-corrected chi connectivity index (χ1v) is 9.38. The van der Waals surface area contributed by atoms with E-state index in [4.69, 9.17) is 0 Å². The van der Waals surface area contributed by atoms with Crippen LogP contribution in [-0.2, 0) is 0 Å². The molecule has 0 fully saturated rings. The van der Waals surface area contributed by atoms with Crippen LogP contribution in [0, 0.1) is 0 Å². The topological polar surface area (TPSA) is 0 Å². The van der Waals surface area contributed by atoms with E-state index < -0.39 is 15.9 Å². The summed E-state index contributed by atoms with van der Waals surface area (Å²) in [6.07, 6.45) is 0. The van der Waals surface area contributed by atoms with Crippen molar-refractivity contribution in [3.8, 4) is 0 Å². The molecule has 0 aliphatic rings. The Morgan fingerprint density at radius 2 is 0.875 bits per heavy atom. The largest absolute Gasteiger partial charge is 0.315 e. The molecule has 0 aromatic carbocycles. The lowest BCUT2D eigenvalue weighted by atomic mass is 11.9. The number of halogens is 2. The summed E-state index contributed by atoms with van der Waals surface area (Å²) in [4.78, 5) is 0. The minimum atomic E-state index is -2.89. The van der Waals surface area contributed by atoms with Gasteiger partial charge in [-0.1, -0.05) is 0 Å². The van der Waals surface area contributed by atoms with Gasteiger partial charge in [-0.3, -0.25) is 0 Å². The lowest BCUT2D eigenvalue weighted by Gasteiger charge is -2.19. The van der Waals surface area contributed by atoms with Gasteiger partial charge in [-0.2, -0.15) is 0 Å². The van der Waals surface area contributed by atoms with E-state index in [1.165, 1.54) is 26.2 Å². The molecule has 0 aliphatic carbocycles. The van der Waals surface area contributed by atoms with Crippen molar-refractivity contribution in [1.82, 2.24) is 0 Å². The standard InChI is InChI=1S/C4H12F2Si2/c1-7(2,5)8(3,4)6/h1-4H3. The minimum absolute atomic E-state index is 1.43. The molecule has 0 saturated carbocycles. The third-order valence-corrected chi connectivity index (χ3v) is 12.7. The monoisotopic (exact) mass is 154 g/mol. The molecule has 0 radical (unpaired) electrons. The van der Waals surface area contributed by atoms with Crippen molar-refractivity contribution in [3.63, 3.8) is 0 Å². The summed E-state index contributed by atoms with van der Waals surface area (Å²) in [6.45, 7) is 5.72. The molecular weight excluding hydrogens is 142 g/mol. The predicted molar refractivity (Wildman–Crippen MR) is 37.2 cm³/mol. The maximum Gasteiger partial charge on any atom is 0.264 e. The summed E-state index contributed by atoms with van der Waals surface area (Å²) >= 11 is 0. The first-order valence-electron chi connectivity index (χ1n) is 2.63. The normalized spacial score (nSPS) is 14.2. The molecule has 0 aliphatic heterocycles. The fourth-order valence-electron chi connectivity index (χ4n) is 0. The van der Waals surface area contributed by atoms with Crippen molar-refractivity contribution in [2.75, 3.05) is 0 Å². The summed E-state index contributed by atoms with van der Waals surface area (Å²) in [5, 5.41) is 0. The summed E-state index contributed by atoms with van der Waals surface area (Å²) < 4.78 is 25.4. The van der Waals surface area contributed by atoms with Crippen LogP contribution in [0.15, 0.2) is 0 Å². The van der Waals surface area contributed by atoms with Gasteiger partial charge >= 0.3 is 0 Å². The highest BCUT2D eigenvalue weighted by Crippen LogP contribution is 2.20. The first kappa shape index (κ1) is 8.29. The summed E-state index contributed by atoms with van der Waals surface area (Å²) in [5.74, 6) is 0. The van der Waals surface area contributed by atoms with E-state index in [9.17, 15) is 8.22 Å². The van der Waals surface area contributed by atoms with Crippen molar-refractivity contribution < 1.29 is 8.22 Å². The Balaban J connectivity index is 4.02. The van der Waals surface area contributed by atoms with Crippen LogP contribution >= 0.6 is 0 Å². The van der Waals surface area contributed by atoms with Gasteiger partial charge in [0, 0.05) is 0 Å². The molecule has 0 heterocycles. The van der Waals surface area contributed by atoms with E-state index >= 15 is 0 Å². The van der Waals surface area contributed by atoms with Crippen LogP contribution in [0.1, 0.15) is 0 Å². The fourth-order valence-corrected chi connectivity index (χ4v) is 0. The lowest BCUT2D eigenvalue weighted by Crippen LogP contribution is -2.47. The Bertz CT molecular complexity index is 67.0. The first-order chi connectivity index (χ1) is 3.25. The highest BCUT2D eigenvalue weighted by molar-refractivity contribution is 7.35. The molecule has 0 bridgehead atoms. The van der Waals surface area contributed by atoms with Crippen molar-refractivity contribution in [1.29, 1.82) is 0 Å². The van der Waals surface area contributed by atoms with Gasteiger partial charge in [-0.15, -0.1) is 0 Å². The van der Waals surface area contributed by atoms with Crippen LogP contribution in [0.4, 0.5) is 8.22 Å². The Labute approximate surface area is 51.1 Å². The zero-order valence-electron chi connectivity index (χ0n) is 5.76. The van der Waals surface area contributed by atoms with E-state index in [2.05, 4.69) is 0 Å². The average molecular weight is 154 g/mol. The van der Waals surface area contributed by atoms with E-state index in [1.807, 2.05) is 0 Å². The van der Waals surface area contributed by atoms with Gasteiger partial charge in [-0.25, -0.2) is 0 Å². The quantitative estimate of drug-likeness (QED) is 0.402. The molecule has 0 spiro atoms. The van der Waals surface area contributed by atoms with Gasteiger partial charge < -0.3 is 8.22 Å². The smallest absolute Gasteiger partial charge is 0.264 e. The van der Waals surface area contributed by atoms with Gasteiger partial charge in [0.2, 0.25) is 0 Å². The van der Waals surface area contributed by atoms with Gasteiger partial charge in [0.25, 0.3) is 15.9 Å². The number of hydrogen-bond acceptors (Lipinski definition) is 0. The SMILES string of the molecule is C[Si](C)(F)[Si](C)(C)F. The molecule has 0 nitrogen and oxygen atoms in total. The van der Waals surface area contributed by atoms with E-state index in [-0.39, 0.29) is 0 Å². The van der Waals surface area contributed by atoms with Crippen molar-refractivity contribution in [2.45, 2.75) is 26.2 Å². The third kappa shape index (κ3) is 2.04. The second-order valence-corrected chi connectivity index (χ2v) is 16.0. The molecule has 4 heteroatoms. The average Bonchev–Trinajstić information content (AvgIpc) is 1.25. The zero-order chi connectivity index (χ0) is 7.00. The van der Waals surface area contributed by atoms with Crippen LogP contribution in [-0.4, -0.2) is 15.9 Å². The van der Waals surface area contributed by atoms with Crippen molar-refractivity contribution in [2.24, 2.45) is 0 Å². The number of rotatable bonds is 1. The molecule has 0 saturated heterocycles. The number of hydrogen-bond donors (Lipinski definition) is 0. The zero-order valence-corrected chi connectivity index (χ0v) is 7.76. The summed E-state index contributed by atoms with van der Waals surface area (Å²) in [5.41, 5.74) is 0. The molecular formula is C4H12F2Si2. The maximum absolute atomic E-state index is 12.7. The Hall–Kier alpha value is 0.294. The maximum atomic E-state index is 12.7. The summed E-state index contributed by atoms with van der Waals surface area (Å²) in [7, 11) is -5.77. The van der Waals surface area contributed by atoms with E-state index in [1.54, 1.807) is 0 Å². The molecule has 0 aromatic heterocycles. The predicted octanol–water partition coefficient (Wildman–Crippen LogP) is 2.41. The van der Waals surface area contributed by atoms with Crippen LogP contribution < -0.4 is 0 Å². The molecule has 0 N–H and O–H groups in total.